The van der Waals surface area contributed by atoms with Crippen molar-refractivity contribution in [3.8, 4) is 5.75 Å². The molecule has 0 unspecified atom stereocenters. The van der Waals surface area contributed by atoms with Crippen LogP contribution in [-0.4, -0.2) is 20.9 Å². The minimum Gasteiger partial charge on any atom is -0.494 e. The van der Waals surface area contributed by atoms with Crippen LogP contribution in [0.5, 0.6) is 5.75 Å². The average Bonchev–Trinajstić information content (AvgIpc) is 2.72. The maximum Gasteiger partial charge on any atom is 0.261 e. The SMILES string of the molecule is CCOc1ccc(S(=O)(=O)Nc2cccc(C(=O)NCc3cccc(Cl)c3)c2)cc1. The van der Waals surface area contributed by atoms with Gasteiger partial charge in [-0.1, -0.05) is 29.8 Å². The van der Waals surface area contributed by atoms with Crippen molar-refractivity contribution >= 4 is 33.2 Å². The monoisotopic (exact) mass is 444 g/mol. The molecular weight excluding hydrogens is 424 g/mol. The van der Waals surface area contributed by atoms with Crippen molar-refractivity contribution in [1.29, 1.82) is 0 Å². The van der Waals surface area contributed by atoms with Crippen LogP contribution in [0, 0.1) is 0 Å². The van der Waals surface area contributed by atoms with Crippen molar-refractivity contribution in [2.75, 3.05) is 11.3 Å². The zero-order valence-corrected chi connectivity index (χ0v) is 17.8. The van der Waals surface area contributed by atoms with Gasteiger partial charge in [-0.15, -0.1) is 0 Å². The molecule has 0 fully saturated rings. The van der Waals surface area contributed by atoms with Crippen LogP contribution >= 0.6 is 11.6 Å². The van der Waals surface area contributed by atoms with Crippen LogP contribution in [0.4, 0.5) is 5.69 Å². The third-order valence-electron chi connectivity index (χ3n) is 4.16. The fourth-order valence-corrected chi connectivity index (χ4v) is 4.01. The number of nitrogens with one attached hydrogen (secondary N) is 2. The predicted molar refractivity (Wildman–Crippen MR) is 117 cm³/mol. The van der Waals surface area contributed by atoms with Gasteiger partial charge in [-0.05, 0) is 67.1 Å². The van der Waals surface area contributed by atoms with Crippen molar-refractivity contribution in [2.45, 2.75) is 18.4 Å². The van der Waals surface area contributed by atoms with Crippen molar-refractivity contribution in [2.24, 2.45) is 0 Å². The molecule has 8 heteroatoms. The lowest BCUT2D eigenvalue weighted by atomic mass is 10.2. The number of ether oxygens (including phenoxy) is 1. The Morgan fingerprint density at radius 3 is 2.43 bits per heavy atom. The summed E-state index contributed by atoms with van der Waals surface area (Å²) in [4.78, 5) is 12.6. The molecule has 0 spiro atoms. The number of amides is 1. The number of carbonyl (C=O) groups excluding carboxylic acids is 1. The first-order valence-electron chi connectivity index (χ1n) is 9.26. The largest absolute Gasteiger partial charge is 0.494 e. The topological polar surface area (TPSA) is 84.5 Å². The fraction of sp³-hybridized carbons (Fsp3) is 0.136. The molecule has 0 heterocycles. The van der Waals surface area contributed by atoms with Gasteiger partial charge in [-0.2, -0.15) is 0 Å². The standard InChI is InChI=1S/C22H21ClN2O4S/c1-2-29-20-9-11-21(12-10-20)30(27,28)25-19-8-4-6-17(14-19)22(26)24-15-16-5-3-7-18(23)13-16/h3-14,25H,2,15H2,1H3,(H,24,26). The summed E-state index contributed by atoms with van der Waals surface area (Å²) in [7, 11) is -3.80. The molecule has 3 aromatic carbocycles. The molecule has 0 bridgehead atoms. The Hall–Kier alpha value is -3.03. The molecule has 156 valence electrons. The van der Waals surface area contributed by atoms with Crippen LogP contribution in [0.15, 0.2) is 77.7 Å². The number of halogens is 1. The summed E-state index contributed by atoms with van der Waals surface area (Å²) in [5.74, 6) is 0.270. The van der Waals surface area contributed by atoms with Crippen molar-refractivity contribution in [3.63, 3.8) is 0 Å². The minimum atomic E-state index is -3.80. The Morgan fingerprint density at radius 1 is 1.00 bits per heavy atom. The van der Waals surface area contributed by atoms with Crippen LogP contribution < -0.4 is 14.8 Å². The smallest absolute Gasteiger partial charge is 0.261 e. The van der Waals surface area contributed by atoms with Gasteiger partial charge in [0.15, 0.2) is 0 Å². The third-order valence-corrected chi connectivity index (χ3v) is 5.80. The molecule has 0 aliphatic carbocycles. The summed E-state index contributed by atoms with van der Waals surface area (Å²) in [5, 5.41) is 3.38. The molecule has 0 atom stereocenters. The summed E-state index contributed by atoms with van der Waals surface area (Å²) >= 11 is 5.95. The molecule has 2 N–H and O–H groups in total. The zero-order valence-electron chi connectivity index (χ0n) is 16.3. The lowest BCUT2D eigenvalue weighted by molar-refractivity contribution is 0.0951. The normalized spacial score (nSPS) is 11.0. The fourth-order valence-electron chi connectivity index (χ4n) is 2.75. The predicted octanol–water partition coefficient (Wildman–Crippen LogP) is 4.47. The van der Waals surface area contributed by atoms with Gasteiger partial charge < -0.3 is 10.1 Å². The number of anilines is 1. The molecule has 6 nitrogen and oxygen atoms in total. The van der Waals surface area contributed by atoms with Crippen molar-refractivity contribution in [3.05, 3.63) is 88.9 Å². The number of hydrogen-bond donors (Lipinski definition) is 2. The van der Waals surface area contributed by atoms with Crippen LogP contribution in [0.3, 0.4) is 0 Å². The van der Waals surface area contributed by atoms with E-state index in [9.17, 15) is 13.2 Å². The van der Waals surface area contributed by atoms with Crippen LogP contribution in [0.1, 0.15) is 22.8 Å². The second-order valence-electron chi connectivity index (χ2n) is 6.40. The van der Waals surface area contributed by atoms with Crippen molar-refractivity contribution < 1.29 is 17.9 Å². The Balaban J connectivity index is 1.69. The number of sulfonamides is 1. The van der Waals surface area contributed by atoms with E-state index in [4.69, 9.17) is 16.3 Å². The van der Waals surface area contributed by atoms with E-state index in [1.165, 1.54) is 18.2 Å². The summed E-state index contributed by atoms with van der Waals surface area (Å²) in [6.07, 6.45) is 0. The van der Waals surface area contributed by atoms with Gasteiger partial charge in [0.25, 0.3) is 15.9 Å². The molecular formula is C22H21ClN2O4S. The lowest BCUT2D eigenvalue weighted by Crippen LogP contribution is -2.23. The highest BCUT2D eigenvalue weighted by Crippen LogP contribution is 2.20. The van der Waals surface area contributed by atoms with Crippen LogP contribution in [-0.2, 0) is 16.6 Å². The summed E-state index contributed by atoms with van der Waals surface area (Å²) in [5.41, 5.74) is 1.49. The van der Waals surface area contributed by atoms with E-state index in [0.29, 0.717) is 35.2 Å². The van der Waals surface area contributed by atoms with Gasteiger partial charge in [0, 0.05) is 22.8 Å². The molecule has 3 aromatic rings. The molecule has 0 aliphatic heterocycles. The first-order chi connectivity index (χ1) is 14.4. The first kappa shape index (κ1) is 21.7. The highest BCUT2D eigenvalue weighted by Gasteiger charge is 2.15. The Labute approximate surface area is 180 Å². The Bertz CT molecular complexity index is 1130. The number of benzene rings is 3. The molecule has 1 amide bonds. The molecule has 0 saturated carbocycles. The Morgan fingerprint density at radius 2 is 1.73 bits per heavy atom. The van der Waals surface area contributed by atoms with Crippen LogP contribution in [0.25, 0.3) is 0 Å². The molecule has 0 saturated heterocycles. The second kappa shape index (κ2) is 9.65. The van der Waals surface area contributed by atoms with E-state index in [2.05, 4.69) is 10.0 Å². The Kier molecular flexibility index (Phi) is 6.97. The van der Waals surface area contributed by atoms with Gasteiger partial charge in [0.1, 0.15) is 5.75 Å². The third kappa shape index (κ3) is 5.75. The van der Waals surface area contributed by atoms with Gasteiger partial charge in [-0.25, -0.2) is 8.42 Å². The van der Waals surface area contributed by atoms with Crippen LogP contribution in [0.2, 0.25) is 5.02 Å². The van der Waals surface area contributed by atoms with Gasteiger partial charge in [-0.3, -0.25) is 9.52 Å². The van der Waals surface area contributed by atoms with E-state index < -0.39 is 10.0 Å². The van der Waals surface area contributed by atoms with Gasteiger partial charge >= 0.3 is 0 Å². The highest BCUT2D eigenvalue weighted by molar-refractivity contribution is 7.92. The minimum absolute atomic E-state index is 0.0989. The highest BCUT2D eigenvalue weighted by atomic mass is 35.5. The van der Waals surface area contributed by atoms with Crippen molar-refractivity contribution in [1.82, 2.24) is 5.32 Å². The van der Waals surface area contributed by atoms with Gasteiger partial charge in [0.2, 0.25) is 0 Å². The summed E-state index contributed by atoms with van der Waals surface area (Å²) < 4.78 is 33.1. The number of rotatable bonds is 8. The first-order valence-corrected chi connectivity index (χ1v) is 11.1. The second-order valence-corrected chi connectivity index (χ2v) is 8.52. The zero-order chi connectivity index (χ0) is 21.6. The molecule has 3 rings (SSSR count). The summed E-state index contributed by atoms with van der Waals surface area (Å²) in [6, 6.07) is 19.6. The van der Waals surface area contributed by atoms with E-state index >= 15 is 0 Å². The molecule has 0 aromatic heterocycles. The van der Waals surface area contributed by atoms with E-state index in [1.54, 1.807) is 48.5 Å². The average molecular weight is 445 g/mol. The van der Waals surface area contributed by atoms with E-state index in [-0.39, 0.29) is 10.8 Å². The molecule has 30 heavy (non-hydrogen) atoms. The summed E-state index contributed by atoms with van der Waals surface area (Å²) in [6.45, 7) is 2.66. The maximum absolute atomic E-state index is 12.6. The molecule has 0 radical (unpaired) electrons. The lowest BCUT2D eigenvalue weighted by Gasteiger charge is -2.11. The molecule has 0 aliphatic rings. The van der Waals surface area contributed by atoms with E-state index in [1.807, 2.05) is 13.0 Å². The number of carbonyl (C=O) groups is 1. The van der Waals surface area contributed by atoms with E-state index in [0.717, 1.165) is 5.56 Å². The maximum atomic E-state index is 12.6. The quantitative estimate of drug-likeness (QED) is 0.536. The van der Waals surface area contributed by atoms with Gasteiger partial charge in [0.05, 0.1) is 11.5 Å². The number of hydrogen-bond acceptors (Lipinski definition) is 4.